The van der Waals surface area contributed by atoms with E-state index >= 15 is 0 Å². The molecule has 0 aromatic heterocycles. The summed E-state index contributed by atoms with van der Waals surface area (Å²) >= 11 is 4.09. The first kappa shape index (κ1) is 17.0. The molecule has 1 saturated heterocycles. The normalized spacial score (nSPS) is 34.0. The molecule has 2 fully saturated rings. The van der Waals surface area contributed by atoms with Gasteiger partial charge in [0, 0.05) is 12.0 Å². The molecule has 0 radical (unpaired) electrons. The third-order valence-electron chi connectivity index (χ3n) is 4.68. The molecule has 5 N–H and O–H groups in total. The molecule has 1 saturated carbocycles. The quantitative estimate of drug-likeness (QED) is 0.328. The SMILES string of the molecule is O=P(O)(O)C1(P(=O)(O)O)C[C@H]2CCCN[C@H]2C1CCS. The molecule has 3 atom stereocenters. The summed E-state index contributed by atoms with van der Waals surface area (Å²) in [6.45, 7) is 0.711. The van der Waals surface area contributed by atoms with Crippen LogP contribution in [-0.4, -0.2) is 42.8 Å². The fraction of sp³-hybridized carbons (Fsp3) is 1.00. The lowest BCUT2D eigenvalue weighted by Gasteiger charge is -2.38. The number of thiol groups is 1. The Bertz CT molecular complexity index is 441. The van der Waals surface area contributed by atoms with Gasteiger partial charge in [0.2, 0.25) is 0 Å². The zero-order valence-electron chi connectivity index (χ0n) is 10.9. The average molecular weight is 345 g/mol. The number of fused-ring (bicyclic) bond motifs is 1. The van der Waals surface area contributed by atoms with E-state index in [2.05, 4.69) is 17.9 Å². The number of hydrogen-bond acceptors (Lipinski definition) is 4. The molecular formula is C10H21NO6P2S. The lowest BCUT2D eigenvalue weighted by atomic mass is 9.89. The van der Waals surface area contributed by atoms with Crippen molar-refractivity contribution in [2.75, 3.05) is 12.3 Å². The molecule has 1 aliphatic carbocycles. The maximum Gasteiger partial charge on any atom is 0.344 e. The topological polar surface area (TPSA) is 127 Å². The van der Waals surface area contributed by atoms with E-state index in [-0.39, 0.29) is 24.8 Å². The van der Waals surface area contributed by atoms with Crippen molar-refractivity contribution in [3.05, 3.63) is 0 Å². The van der Waals surface area contributed by atoms with Crippen LogP contribution in [0.3, 0.4) is 0 Å². The van der Waals surface area contributed by atoms with E-state index in [0.29, 0.717) is 12.3 Å². The van der Waals surface area contributed by atoms with Gasteiger partial charge in [0.25, 0.3) is 0 Å². The van der Waals surface area contributed by atoms with Crippen molar-refractivity contribution in [3.63, 3.8) is 0 Å². The molecule has 20 heavy (non-hydrogen) atoms. The van der Waals surface area contributed by atoms with E-state index in [9.17, 15) is 28.7 Å². The van der Waals surface area contributed by atoms with Crippen LogP contribution in [0.2, 0.25) is 0 Å². The first-order valence-electron chi connectivity index (χ1n) is 6.60. The lowest BCUT2D eigenvalue weighted by Crippen LogP contribution is -2.45. The molecule has 2 aliphatic rings. The van der Waals surface area contributed by atoms with Crippen LogP contribution in [0.25, 0.3) is 0 Å². The molecule has 10 heteroatoms. The van der Waals surface area contributed by atoms with Crippen molar-refractivity contribution < 1.29 is 28.7 Å². The molecule has 0 bridgehead atoms. The molecule has 118 valence electrons. The highest BCUT2D eigenvalue weighted by atomic mass is 32.1. The minimum absolute atomic E-state index is 0.103. The summed E-state index contributed by atoms with van der Waals surface area (Å²) in [4.78, 5) is 36.6. The Hall–Kier alpha value is 0.610. The predicted molar refractivity (Wildman–Crippen MR) is 77.9 cm³/mol. The van der Waals surface area contributed by atoms with Gasteiger partial charge in [0.1, 0.15) is 0 Å². The van der Waals surface area contributed by atoms with Crippen LogP contribution in [0.4, 0.5) is 0 Å². The van der Waals surface area contributed by atoms with E-state index in [1.807, 2.05) is 0 Å². The third-order valence-corrected chi connectivity index (χ3v) is 9.55. The van der Waals surface area contributed by atoms with Crippen molar-refractivity contribution in [1.29, 1.82) is 0 Å². The molecule has 0 aromatic carbocycles. The molecule has 1 aliphatic heterocycles. The Morgan fingerprint density at radius 2 is 1.80 bits per heavy atom. The molecule has 1 unspecified atom stereocenters. The third kappa shape index (κ3) is 2.55. The monoisotopic (exact) mass is 345 g/mol. The highest BCUT2D eigenvalue weighted by molar-refractivity contribution is 7.80. The van der Waals surface area contributed by atoms with Gasteiger partial charge < -0.3 is 24.9 Å². The largest absolute Gasteiger partial charge is 0.344 e. The number of hydrogen-bond donors (Lipinski definition) is 6. The molecule has 2 rings (SSSR count). The van der Waals surface area contributed by atoms with Gasteiger partial charge in [-0.2, -0.15) is 12.6 Å². The zero-order valence-corrected chi connectivity index (χ0v) is 13.6. The van der Waals surface area contributed by atoms with Crippen LogP contribution in [0.15, 0.2) is 0 Å². The fourth-order valence-electron chi connectivity index (χ4n) is 3.89. The maximum atomic E-state index is 12.0. The Morgan fingerprint density at radius 3 is 2.30 bits per heavy atom. The Morgan fingerprint density at radius 1 is 1.20 bits per heavy atom. The second-order valence-electron chi connectivity index (χ2n) is 5.67. The van der Waals surface area contributed by atoms with Crippen molar-refractivity contribution in [3.8, 4) is 0 Å². The second kappa shape index (κ2) is 5.67. The summed E-state index contributed by atoms with van der Waals surface area (Å²) in [6.07, 6.45) is 1.74. The van der Waals surface area contributed by atoms with E-state index < -0.39 is 26.0 Å². The fourth-order valence-corrected chi connectivity index (χ4v) is 7.92. The van der Waals surface area contributed by atoms with Crippen LogP contribution >= 0.6 is 27.8 Å². The summed E-state index contributed by atoms with van der Waals surface area (Å²) in [6, 6.07) is -0.254. The predicted octanol–water partition coefficient (Wildman–Crippen LogP) is 0.746. The van der Waals surface area contributed by atoms with Crippen molar-refractivity contribution >= 4 is 27.8 Å². The van der Waals surface area contributed by atoms with Crippen LogP contribution < -0.4 is 5.32 Å². The smallest absolute Gasteiger partial charge is 0.324 e. The van der Waals surface area contributed by atoms with Gasteiger partial charge in [0.15, 0.2) is 4.90 Å². The second-order valence-corrected chi connectivity index (χ2v) is 10.2. The molecule has 1 heterocycles. The van der Waals surface area contributed by atoms with Crippen LogP contribution in [0, 0.1) is 11.8 Å². The summed E-state index contributed by atoms with van der Waals surface area (Å²) in [5.41, 5.74) is 0. The molecule has 7 nitrogen and oxygen atoms in total. The van der Waals surface area contributed by atoms with Gasteiger partial charge in [-0.15, -0.1) is 0 Å². The minimum Gasteiger partial charge on any atom is -0.324 e. The van der Waals surface area contributed by atoms with Crippen LogP contribution in [0.1, 0.15) is 25.7 Å². The Balaban J connectivity index is 2.54. The van der Waals surface area contributed by atoms with Gasteiger partial charge in [-0.05, 0) is 43.9 Å². The van der Waals surface area contributed by atoms with E-state index in [4.69, 9.17) is 0 Å². The minimum atomic E-state index is -4.96. The Labute approximate surface area is 123 Å². The molecular weight excluding hydrogens is 324 g/mol. The molecule has 0 spiro atoms. The first-order valence-corrected chi connectivity index (χ1v) is 10.5. The van der Waals surface area contributed by atoms with Crippen molar-refractivity contribution in [2.24, 2.45) is 11.8 Å². The summed E-state index contributed by atoms with van der Waals surface area (Å²) in [5, 5.41) is 3.19. The zero-order chi connectivity index (χ0) is 15.2. The van der Waals surface area contributed by atoms with E-state index in [0.717, 1.165) is 12.8 Å². The van der Waals surface area contributed by atoms with Crippen LogP contribution in [-0.2, 0) is 9.13 Å². The maximum absolute atomic E-state index is 12.0. The summed E-state index contributed by atoms with van der Waals surface area (Å²) < 4.78 is 24.0. The van der Waals surface area contributed by atoms with E-state index in [1.54, 1.807) is 0 Å². The average Bonchev–Trinajstić information content (AvgIpc) is 2.65. The number of piperidine rings is 1. The summed E-state index contributed by atoms with van der Waals surface area (Å²) in [5.74, 6) is -0.530. The number of nitrogens with one attached hydrogen (secondary N) is 1. The summed E-state index contributed by atoms with van der Waals surface area (Å²) in [7, 11) is -9.92. The highest BCUT2D eigenvalue weighted by Crippen LogP contribution is 2.78. The van der Waals surface area contributed by atoms with Crippen LogP contribution in [0.5, 0.6) is 0 Å². The Kier molecular flexibility index (Phi) is 4.81. The molecule has 0 aromatic rings. The van der Waals surface area contributed by atoms with Crippen molar-refractivity contribution in [1.82, 2.24) is 5.32 Å². The van der Waals surface area contributed by atoms with Crippen molar-refractivity contribution in [2.45, 2.75) is 36.6 Å². The van der Waals surface area contributed by atoms with Gasteiger partial charge in [-0.25, -0.2) is 0 Å². The lowest BCUT2D eigenvalue weighted by molar-refractivity contribution is 0.251. The van der Waals surface area contributed by atoms with Gasteiger partial charge in [-0.1, -0.05) is 0 Å². The molecule has 0 amide bonds. The van der Waals surface area contributed by atoms with E-state index in [1.165, 1.54) is 0 Å². The van der Waals surface area contributed by atoms with Gasteiger partial charge >= 0.3 is 15.2 Å². The van der Waals surface area contributed by atoms with Gasteiger partial charge in [0.05, 0.1) is 0 Å². The first-order chi connectivity index (χ1) is 9.15. The highest BCUT2D eigenvalue weighted by Gasteiger charge is 2.70. The number of rotatable bonds is 4. The van der Waals surface area contributed by atoms with Gasteiger partial charge in [-0.3, -0.25) is 9.13 Å². The standard InChI is InChI=1S/C10H21NO6P2S/c12-18(13,14)10(19(15,16)17)6-7-2-1-4-11-9(7)8(10)3-5-20/h7-9,11,20H,1-6H2,(H2,12,13,14)(H2,15,16,17)/t7-,8?,9-/m1/s1.